The Hall–Kier alpha value is -2.09. The van der Waals surface area contributed by atoms with Gasteiger partial charge in [0.05, 0.1) is 24.3 Å². The molecule has 0 N–H and O–H groups in total. The van der Waals surface area contributed by atoms with Crippen LogP contribution < -0.4 is 9.64 Å². The zero-order valence-corrected chi connectivity index (χ0v) is 14.9. The van der Waals surface area contributed by atoms with Crippen LogP contribution in [0.1, 0.15) is 13.3 Å². The van der Waals surface area contributed by atoms with E-state index in [0.717, 1.165) is 0 Å². The highest BCUT2D eigenvalue weighted by atomic mass is 32.2. The lowest BCUT2D eigenvalue weighted by molar-refractivity contribution is -0.131. The van der Waals surface area contributed by atoms with Crippen LogP contribution in [-0.4, -0.2) is 63.4 Å². The third-order valence-electron chi connectivity index (χ3n) is 4.20. The van der Waals surface area contributed by atoms with Gasteiger partial charge in [-0.3, -0.25) is 14.5 Å². The molecule has 1 aliphatic heterocycles. The molecule has 1 atom stereocenters. The molecular formula is C16H22N2O5S. The SMILES string of the molecule is COc1ccccc1N(CC(=O)N(C)C1CCS(=O)(=O)C1)C(C)=O. The summed E-state index contributed by atoms with van der Waals surface area (Å²) >= 11 is 0. The van der Waals surface area contributed by atoms with E-state index >= 15 is 0 Å². The normalized spacial score (nSPS) is 18.9. The molecule has 7 nitrogen and oxygen atoms in total. The summed E-state index contributed by atoms with van der Waals surface area (Å²) in [5.41, 5.74) is 0.508. The largest absolute Gasteiger partial charge is 0.495 e. The first-order valence-electron chi connectivity index (χ1n) is 7.62. The molecule has 2 rings (SSSR count). The number of benzene rings is 1. The number of likely N-dealkylation sites (N-methyl/N-ethyl adjacent to an activating group) is 1. The number of carbonyl (C=O) groups is 2. The van der Waals surface area contributed by atoms with Crippen molar-refractivity contribution >= 4 is 27.3 Å². The van der Waals surface area contributed by atoms with E-state index in [2.05, 4.69) is 0 Å². The van der Waals surface area contributed by atoms with Crippen molar-refractivity contribution in [2.45, 2.75) is 19.4 Å². The highest BCUT2D eigenvalue weighted by Crippen LogP contribution is 2.28. The van der Waals surface area contributed by atoms with Crippen molar-refractivity contribution in [2.24, 2.45) is 0 Å². The smallest absolute Gasteiger partial charge is 0.242 e. The number of anilines is 1. The Balaban J connectivity index is 2.16. The van der Waals surface area contributed by atoms with Crippen LogP contribution >= 0.6 is 0 Å². The molecule has 0 saturated carbocycles. The lowest BCUT2D eigenvalue weighted by Crippen LogP contribution is -2.45. The second-order valence-corrected chi connectivity index (χ2v) is 8.07. The van der Waals surface area contributed by atoms with Crippen LogP contribution in [-0.2, 0) is 19.4 Å². The van der Waals surface area contributed by atoms with Crippen molar-refractivity contribution in [3.8, 4) is 5.75 Å². The van der Waals surface area contributed by atoms with E-state index in [0.29, 0.717) is 17.9 Å². The Bertz CT molecular complexity index is 732. The number of hydrogen-bond acceptors (Lipinski definition) is 5. The Kier molecular flexibility index (Phi) is 5.48. The van der Waals surface area contributed by atoms with Gasteiger partial charge in [0, 0.05) is 20.0 Å². The van der Waals surface area contributed by atoms with Gasteiger partial charge in [0.25, 0.3) is 0 Å². The molecule has 132 valence electrons. The number of amides is 2. The molecule has 1 aromatic rings. The molecule has 1 fully saturated rings. The summed E-state index contributed by atoms with van der Waals surface area (Å²) in [6.07, 6.45) is 0.430. The van der Waals surface area contributed by atoms with E-state index in [1.807, 2.05) is 0 Å². The Morgan fingerprint density at radius 2 is 1.96 bits per heavy atom. The van der Waals surface area contributed by atoms with Crippen molar-refractivity contribution < 1.29 is 22.7 Å². The van der Waals surface area contributed by atoms with Gasteiger partial charge in [-0.15, -0.1) is 0 Å². The van der Waals surface area contributed by atoms with Crippen LogP contribution in [0.2, 0.25) is 0 Å². The summed E-state index contributed by atoms with van der Waals surface area (Å²) < 4.78 is 28.4. The maximum atomic E-state index is 12.5. The van der Waals surface area contributed by atoms with Gasteiger partial charge >= 0.3 is 0 Å². The highest BCUT2D eigenvalue weighted by Gasteiger charge is 2.33. The lowest BCUT2D eigenvalue weighted by atomic mass is 10.2. The minimum absolute atomic E-state index is 0.0238. The number of rotatable bonds is 5. The average Bonchev–Trinajstić information content (AvgIpc) is 2.91. The topological polar surface area (TPSA) is 84.0 Å². The van der Waals surface area contributed by atoms with Gasteiger partial charge in [-0.2, -0.15) is 0 Å². The van der Waals surface area contributed by atoms with Crippen LogP contribution in [0, 0.1) is 0 Å². The number of hydrogen-bond donors (Lipinski definition) is 0. The summed E-state index contributed by atoms with van der Waals surface area (Å²) in [4.78, 5) is 27.3. The first-order valence-corrected chi connectivity index (χ1v) is 9.44. The molecule has 0 aromatic heterocycles. The third kappa shape index (κ3) is 4.05. The molecule has 1 unspecified atom stereocenters. The molecule has 2 amide bonds. The molecule has 0 radical (unpaired) electrons. The van der Waals surface area contributed by atoms with E-state index < -0.39 is 9.84 Å². The van der Waals surface area contributed by atoms with Crippen LogP contribution in [0.5, 0.6) is 5.75 Å². The fourth-order valence-electron chi connectivity index (χ4n) is 2.75. The molecule has 0 bridgehead atoms. The third-order valence-corrected chi connectivity index (χ3v) is 5.95. The first kappa shape index (κ1) is 18.3. The van der Waals surface area contributed by atoms with Crippen molar-refractivity contribution in [2.75, 3.05) is 37.1 Å². The Morgan fingerprint density at radius 3 is 2.50 bits per heavy atom. The van der Waals surface area contributed by atoms with Crippen molar-refractivity contribution in [1.82, 2.24) is 4.90 Å². The predicted molar refractivity (Wildman–Crippen MR) is 90.8 cm³/mol. The predicted octanol–water partition coefficient (Wildman–Crippen LogP) is 0.694. The summed E-state index contributed by atoms with van der Waals surface area (Å²) in [6, 6.07) is 6.61. The van der Waals surface area contributed by atoms with Gasteiger partial charge < -0.3 is 9.64 Å². The maximum Gasteiger partial charge on any atom is 0.242 e. The quantitative estimate of drug-likeness (QED) is 0.777. The number of para-hydroxylation sites is 2. The number of methoxy groups -OCH3 is 1. The Labute approximate surface area is 142 Å². The number of ether oxygens (including phenoxy) is 1. The van der Waals surface area contributed by atoms with Crippen LogP contribution in [0.15, 0.2) is 24.3 Å². The molecule has 0 spiro atoms. The summed E-state index contributed by atoms with van der Waals surface area (Å²) in [7, 11) is -0.00378. The van der Waals surface area contributed by atoms with E-state index in [9.17, 15) is 18.0 Å². The van der Waals surface area contributed by atoms with E-state index in [1.54, 1.807) is 31.3 Å². The fraction of sp³-hybridized carbons (Fsp3) is 0.500. The summed E-state index contributed by atoms with van der Waals surface area (Å²) in [5.74, 6) is -0.0348. The summed E-state index contributed by atoms with van der Waals surface area (Å²) in [5, 5.41) is 0. The van der Waals surface area contributed by atoms with E-state index in [4.69, 9.17) is 4.74 Å². The number of sulfone groups is 1. The van der Waals surface area contributed by atoms with Gasteiger partial charge in [0.1, 0.15) is 12.3 Å². The molecule has 1 aliphatic rings. The molecule has 24 heavy (non-hydrogen) atoms. The molecular weight excluding hydrogens is 332 g/mol. The van der Waals surface area contributed by atoms with Gasteiger partial charge in [-0.25, -0.2) is 8.42 Å². The minimum Gasteiger partial charge on any atom is -0.495 e. The highest BCUT2D eigenvalue weighted by molar-refractivity contribution is 7.91. The second-order valence-electron chi connectivity index (χ2n) is 5.84. The van der Waals surface area contributed by atoms with E-state index in [-0.39, 0.29) is 35.9 Å². The lowest BCUT2D eigenvalue weighted by Gasteiger charge is -2.28. The van der Waals surface area contributed by atoms with Crippen LogP contribution in [0.4, 0.5) is 5.69 Å². The first-order chi connectivity index (χ1) is 11.2. The van der Waals surface area contributed by atoms with Crippen LogP contribution in [0.25, 0.3) is 0 Å². The van der Waals surface area contributed by atoms with E-state index in [1.165, 1.54) is 23.8 Å². The van der Waals surface area contributed by atoms with Gasteiger partial charge in [-0.05, 0) is 18.6 Å². The molecule has 8 heteroatoms. The monoisotopic (exact) mass is 354 g/mol. The zero-order valence-electron chi connectivity index (χ0n) is 14.1. The number of carbonyl (C=O) groups excluding carboxylic acids is 2. The average molecular weight is 354 g/mol. The standard InChI is InChI=1S/C16H22N2O5S/c1-12(19)18(14-6-4-5-7-15(14)23-3)10-16(20)17(2)13-8-9-24(21,22)11-13/h4-7,13H,8-11H2,1-3H3. The van der Waals surface area contributed by atoms with Gasteiger partial charge in [-0.1, -0.05) is 12.1 Å². The van der Waals surface area contributed by atoms with Crippen molar-refractivity contribution in [3.63, 3.8) is 0 Å². The van der Waals surface area contributed by atoms with Crippen LogP contribution in [0.3, 0.4) is 0 Å². The van der Waals surface area contributed by atoms with Crippen molar-refractivity contribution in [3.05, 3.63) is 24.3 Å². The fourth-order valence-corrected chi connectivity index (χ4v) is 4.52. The minimum atomic E-state index is -3.08. The Morgan fingerprint density at radius 1 is 1.29 bits per heavy atom. The maximum absolute atomic E-state index is 12.5. The molecule has 0 aliphatic carbocycles. The van der Waals surface area contributed by atoms with Gasteiger partial charge in [0.2, 0.25) is 11.8 Å². The molecule has 1 aromatic carbocycles. The van der Waals surface area contributed by atoms with Crippen molar-refractivity contribution in [1.29, 1.82) is 0 Å². The number of nitrogens with zero attached hydrogens (tertiary/aromatic N) is 2. The zero-order chi connectivity index (χ0) is 17.9. The summed E-state index contributed by atoms with van der Waals surface area (Å²) in [6.45, 7) is 1.21. The molecule has 1 saturated heterocycles. The second kappa shape index (κ2) is 7.21. The molecule has 1 heterocycles. The van der Waals surface area contributed by atoms with Gasteiger partial charge in [0.15, 0.2) is 9.84 Å².